The van der Waals surface area contributed by atoms with Crippen molar-refractivity contribution in [3.63, 3.8) is 0 Å². The van der Waals surface area contributed by atoms with Gasteiger partial charge in [-0.2, -0.15) is 0 Å². The summed E-state index contributed by atoms with van der Waals surface area (Å²) in [6.07, 6.45) is 4.65. The van der Waals surface area contributed by atoms with E-state index >= 15 is 0 Å². The Morgan fingerprint density at radius 3 is 2.41 bits per heavy atom. The molecule has 0 spiro atoms. The number of benzene rings is 1. The van der Waals surface area contributed by atoms with Crippen LogP contribution in [-0.2, 0) is 22.4 Å². The summed E-state index contributed by atoms with van der Waals surface area (Å²) in [7, 11) is 1.65. The number of rotatable bonds is 2. The minimum Gasteiger partial charge on any atom is -0.309 e. The normalized spacial score (nSPS) is 14.0. The fraction of sp³-hybridized carbons (Fsp3) is 0.429. The molecule has 0 bridgehead atoms. The van der Waals surface area contributed by atoms with Gasteiger partial charge in [0.15, 0.2) is 0 Å². The Hall–Kier alpha value is -1.64. The highest BCUT2D eigenvalue weighted by molar-refractivity contribution is 6.40. The maximum Gasteiger partial charge on any atom is 0.293 e. The first-order valence-electron chi connectivity index (χ1n) is 6.00. The largest absolute Gasteiger partial charge is 0.309 e. The van der Waals surface area contributed by atoms with Gasteiger partial charge < -0.3 is 4.90 Å². The van der Waals surface area contributed by atoms with E-state index in [9.17, 15) is 9.59 Å². The molecule has 0 fully saturated rings. The van der Waals surface area contributed by atoms with E-state index in [1.807, 2.05) is 12.1 Å². The van der Waals surface area contributed by atoms with E-state index in [4.69, 9.17) is 0 Å². The lowest BCUT2D eigenvalue weighted by molar-refractivity contribution is -0.134. The topological polar surface area (TPSA) is 37.4 Å². The zero-order valence-corrected chi connectivity index (χ0v) is 10.3. The maximum atomic E-state index is 11.6. The Bertz CT molecular complexity index is 465. The van der Waals surface area contributed by atoms with Crippen LogP contribution in [0.4, 0.5) is 5.69 Å². The van der Waals surface area contributed by atoms with Gasteiger partial charge in [-0.3, -0.25) is 9.59 Å². The van der Waals surface area contributed by atoms with Crippen LogP contribution in [0, 0.1) is 0 Å². The Balaban J connectivity index is 2.27. The van der Waals surface area contributed by atoms with Crippen molar-refractivity contribution in [3.05, 3.63) is 29.3 Å². The van der Waals surface area contributed by atoms with Crippen LogP contribution < -0.4 is 4.90 Å². The molecule has 1 aromatic carbocycles. The van der Waals surface area contributed by atoms with Gasteiger partial charge in [-0.15, -0.1) is 0 Å². The first-order valence-corrected chi connectivity index (χ1v) is 6.00. The van der Waals surface area contributed by atoms with E-state index in [1.54, 1.807) is 7.05 Å². The molecule has 90 valence electrons. The van der Waals surface area contributed by atoms with E-state index in [2.05, 4.69) is 6.07 Å². The Labute approximate surface area is 101 Å². The predicted molar refractivity (Wildman–Crippen MR) is 67.2 cm³/mol. The molecule has 1 amide bonds. The second-order valence-electron chi connectivity index (χ2n) is 4.58. The molecule has 1 aliphatic rings. The molecule has 3 heteroatoms. The number of carbonyl (C=O) groups is 2. The fourth-order valence-corrected chi connectivity index (χ4v) is 2.28. The van der Waals surface area contributed by atoms with Gasteiger partial charge in [0.1, 0.15) is 0 Å². The highest BCUT2D eigenvalue weighted by Gasteiger charge is 2.17. The van der Waals surface area contributed by atoms with Gasteiger partial charge in [0, 0.05) is 19.7 Å². The molecule has 3 nitrogen and oxygen atoms in total. The molecule has 0 N–H and O–H groups in total. The number of likely N-dealkylation sites (N-methyl/N-ethyl adjacent to an activating group) is 1. The molecule has 2 rings (SSSR count). The average molecular weight is 231 g/mol. The molecule has 0 heterocycles. The van der Waals surface area contributed by atoms with Gasteiger partial charge in [-0.25, -0.2) is 0 Å². The van der Waals surface area contributed by atoms with Gasteiger partial charge >= 0.3 is 0 Å². The Kier molecular flexibility index (Phi) is 3.27. The monoisotopic (exact) mass is 231 g/mol. The zero-order chi connectivity index (χ0) is 12.4. The lowest BCUT2D eigenvalue weighted by Gasteiger charge is -2.20. The molecule has 0 unspecified atom stereocenters. The number of aryl methyl sites for hydroxylation is 2. The Morgan fingerprint density at radius 2 is 1.76 bits per heavy atom. The van der Waals surface area contributed by atoms with Crippen LogP contribution in [0.15, 0.2) is 18.2 Å². The summed E-state index contributed by atoms with van der Waals surface area (Å²) in [5.41, 5.74) is 3.51. The number of Topliss-reactive ketones (excluding diaryl/α,β-unsaturated/α-hetero) is 1. The van der Waals surface area contributed by atoms with Crippen molar-refractivity contribution in [1.29, 1.82) is 0 Å². The summed E-state index contributed by atoms with van der Waals surface area (Å²) in [4.78, 5) is 24.1. The van der Waals surface area contributed by atoms with Crippen LogP contribution in [0.5, 0.6) is 0 Å². The van der Waals surface area contributed by atoms with Crippen LogP contribution in [0.1, 0.15) is 30.9 Å². The molecule has 0 saturated carbocycles. The Morgan fingerprint density at radius 1 is 1.12 bits per heavy atom. The van der Waals surface area contributed by atoms with Gasteiger partial charge in [-0.1, -0.05) is 6.07 Å². The summed E-state index contributed by atoms with van der Waals surface area (Å²) in [6.45, 7) is 1.30. The summed E-state index contributed by atoms with van der Waals surface area (Å²) in [5, 5.41) is 0. The average Bonchev–Trinajstić information content (AvgIpc) is 2.36. The van der Waals surface area contributed by atoms with E-state index in [0.29, 0.717) is 0 Å². The number of nitrogens with zero attached hydrogens (tertiary/aromatic N) is 1. The van der Waals surface area contributed by atoms with Gasteiger partial charge in [0.2, 0.25) is 5.78 Å². The van der Waals surface area contributed by atoms with Gasteiger partial charge in [0.05, 0.1) is 0 Å². The van der Waals surface area contributed by atoms with Crippen LogP contribution >= 0.6 is 0 Å². The van der Waals surface area contributed by atoms with Crippen molar-refractivity contribution in [3.8, 4) is 0 Å². The molecule has 17 heavy (non-hydrogen) atoms. The zero-order valence-electron chi connectivity index (χ0n) is 10.3. The number of ketones is 1. The number of fused-ring (bicyclic) bond motifs is 1. The van der Waals surface area contributed by atoms with Crippen LogP contribution in [-0.4, -0.2) is 18.7 Å². The number of carbonyl (C=O) groups excluding carboxylic acids is 2. The second-order valence-corrected chi connectivity index (χ2v) is 4.58. The summed E-state index contributed by atoms with van der Waals surface area (Å²) >= 11 is 0. The molecular formula is C14H17NO2. The third kappa shape index (κ3) is 2.38. The van der Waals surface area contributed by atoms with E-state index in [1.165, 1.54) is 35.8 Å². The van der Waals surface area contributed by atoms with E-state index < -0.39 is 11.7 Å². The van der Waals surface area contributed by atoms with Gasteiger partial charge in [0.25, 0.3) is 5.91 Å². The lowest BCUT2D eigenvalue weighted by atomic mass is 9.91. The van der Waals surface area contributed by atoms with Crippen molar-refractivity contribution in [2.24, 2.45) is 0 Å². The first kappa shape index (κ1) is 11.8. The molecule has 1 aromatic rings. The minimum atomic E-state index is -0.458. The minimum absolute atomic E-state index is 0.426. The summed E-state index contributed by atoms with van der Waals surface area (Å²) in [6, 6.07) is 6.04. The quantitative estimate of drug-likeness (QED) is 0.731. The van der Waals surface area contributed by atoms with Crippen molar-refractivity contribution in [2.45, 2.75) is 32.6 Å². The second kappa shape index (κ2) is 4.70. The summed E-state index contributed by atoms with van der Waals surface area (Å²) in [5.74, 6) is -0.883. The molecule has 0 radical (unpaired) electrons. The molecular weight excluding hydrogens is 214 g/mol. The lowest BCUT2D eigenvalue weighted by Crippen LogP contribution is -2.31. The van der Waals surface area contributed by atoms with Crippen LogP contribution in [0.3, 0.4) is 0 Å². The number of amides is 1. The van der Waals surface area contributed by atoms with Crippen molar-refractivity contribution in [1.82, 2.24) is 0 Å². The third-order valence-electron chi connectivity index (χ3n) is 3.33. The molecule has 1 aliphatic carbocycles. The van der Waals surface area contributed by atoms with Gasteiger partial charge in [-0.05, 0) is 48.9 Å². The van der Waals surface area contributed by atoms with E-state index in [-0.39, 0.29) is 0 Å². The standard InChI is InChI=1S/C14H17NO2/c1-10(16)14(17)15(2)13-8-7-11-5-3-4-6-12(11)9-13/h7-9H,3-6H2,1-2H3. The number of hydrogen-bond donors (Lipinski definition) is 0. The maximum absolute atomic E-state index is 11.6. The van der Waals surface area contributed by atoms with Crippen molar-refractivity contribution in [2.75, 3.05) is 11.9 Å². The highest BCUT2D eigenvalue weighted by Crippen LogP contribution is 2.25. The predicted octanol–water partition coefficient (Wildman–Crippen LogP) is 2.12. The summed E-state index contributed by atoms with van der Waals surface area (Å²) < 4.78 is 0. The van der Waals surface area contributed by atoms with Crippen LogP contribution in [0.2, 0.25) is 0 Å². The first-order chi connectivity index (χ1) is 8.09. The molecule has 0 aliphatic heterocycles. The molecule has 0 aromatic heterocycles. The third-order valence-corrected chi connectivity index (χ3v) is 3.33. The van der Waals surface area contributed by atoms with Crippen molar-refractivity contribution >= 4 is 17.4 Å². The highest BCUT2D eigenvalue weighted by atomic mass is 16.2. The van der Waals surface area contributed by atoms with Crippen LogP contribution in [0.25, 0.3) is 0 Å². The number of hydrogen-bond acceptors (Lipinski definition) is 2. The molecule has 0 saturated heterocycles. The van der Waals surface area contributed by atoms with Crippen molar-refractivity contribution < 1.29 is 9.59 Å². The fourth-order valence-electron chi connectivity index (χ4n) is 2.28. The van der Waals surface area contributed by atoms with E-state index in [0.717, 1.165) is 18.5 Å². The molecule has 0 atom stereocenters. The SMILES string of the molecule is CC(=O)C(=O)N(C)c1ccc2c(c1)CCCC2. The smallest absolute Gasteiger partial charge is 0.293 e. The number of anilines is 1.